The fourth-order valence-corrected chi connectivity index (χ4v) is 5.01. The van der Waals surface area contributed by atoms with Crippen LogP contribution in [0.2, 0.25) is 0 Å². The number of carbonyl (C=O) groups is 1. The Morgan fingerprint density at radius 3 is 2.58 bits per heavy atom. The number of phosphoric ester groups is 1. The summed E-state index contributed by atoms with van der Waals surface area (Å²) in [4.78, 5) is 26.7. The first-order valence-corrected chi connectivity index (χ1v) is 12.9. The molecule has 1 aliphatic rings. The number of aliphatic hydroxyl groups excluding tert-OH is 1. The largest absolute Gasteiger partial charge is 0.530 e. The molecule has 2 aromatic rings. The third kappa shape index (κ3) is 6.64. The average molecular weight is 546 g/mol. The van der Waals surface area contributed by atoms with Gasteiger partial charge in [-0.1, -0.05) is 18.2 Å². The lowest BCUT2D eigenvalue weighted by Gasteiger charge is -2.26. The molecule has 0 bridgehead atoms. The number of ether oxygens (including phenoxy) is 2. The first kappa shape index (κ1) is 28.1. The van der Waals surface area contributed by atoms with Crippen molar-refractivity contribution in [3.8, 4) is 5.75 Å². The highest BCUT2D eigenvalue weighted by Crippen LogP contribution is 2.52. The molecule has 0 aliphatic carbocycles. The monoisotopic (exact) mass is 545 g/mol. The molecule has 12 nitrogen and oxygen atoms in total. The van der Waals surface area contributed by atoms with Gasteiger partial charge in [0.1, 0.15) is 28.6 Å². The summed E-state index contributed by atoms with van der Waals surface area (Å²) in [5, 5.41) is 10.8. The summed E-state index contributed by atoms with van der Waals surface area (Å²) in [5.41, 5.74) is 4.80. The van der Waals surface area contributed by atoms with Crippen molar-refractivity contribution < 1.29 is 37.5 Å². The van der Waals surface area contributed by atoms with E-state index in [1.165, 1.54) is 38.2 Å². The predicted molar refractivity (Wildman–Crippen MR) is 129 cm³/mol. The minimum Gasteiger partial charge on any atom is -0.461 e. The van der Waals surface area contributed by atoms with Crippen molar-refractivity contribution in [1.29, 1.82) is 0 Å². The van der Waals surface area contributed by atoms with Crippen LogP contribution >= 0.6 is 19.4 Å². The van der Waals surface area contributed by atoms with E-state index in [0.29, 0.717) is 0 Å². The van der Waals surface area contributed by atoms with Crippen LogP contribution in [0.4, 0.5) is 5.82 Å². The van der Waals surface area contributed by atoms with Crippen molar-refractivity contribution >= 4 is 31.2 Å². The number of aromatic nitrogens is 2. The lowest BCUT2D eigenvalue weighted by molar-refractivity contribution is -0.156. The molecular weight excluding hydrogens is 517 g/mol. The number of anilines is 1. The number of esters is 1. The number of phosphoric acid groups is 1. The number of hydrogen-bond acceptors (Lipinski definition) is 11. The molecule has 1 saturated heterocycles. The second-order valence-corrected chi connectivity index (χ2v) is 10.9. The number of alkyl halides is 1. The average Bonchev–Trinajstić information content (AvgIpc) is 3.01. The second kappa shape index (κ2) is 11.3. The SMILES string of the molecule is CC(C)OC(=O)[C@H](C)OP(=O)(OC[C@H]1O[C@H](n2ccc(N)nc2=O)[C@](C)(Cl)[C@@H]1O)Oc1ccccc1. The molecule has 0 radical (unpaired) electrons. The number of nitrogen functional groups attached to an aromatic ring is 1. The second-order valence-electron chi connectivity index (χ2n) is 8.55. The zero-order valence-electron chi connectivity index (χ0n) is 20.1. The molecule has 14 heteroatoms. The lowest BCUT2D eigenvalue weighted by Crippen LogP contribution is -2.42. The van der Waals surface area contributed by atoms with Crippen LogP contribution in [0.1, 0.15) is 33.9 Å². The molecule has 0 spiro atoms. The first-order chi connectivity index (χ1) is 16.8. The van der Waals surface area contributed by atoms with Gasteiger partial charge in [0.2, 0.25) is 0 Å². The maximum Gasteiger partial charge on any atom is 0.530 e. The van der Waals surface area contributed by atoms with Crippen molar-refractivity contribution in [1.82, 2.24) is 9.55 Å². The van der Waals surface area contributed by atoms with E-state index in [1.807, 2.05) is 0 Å². The van der Waals surface area contributed by atoms with Crippen molar-refractivity contribution in [2.75, 3.05) is 12.3 Å². The Bertz CT molecular complexity index is 1160. The Hall–Kier alpha value is -2.47. The molecule has 1 unspecified atom stereocenters. The van der Waals surface area contributed by atoms with Crippen LogP contribution in [-0.2, 0) is 27.9 Å². The molecule has 198 valence electrons. The summed E-state index contributed by atoms with van der Waals surface area (Å²) in [6.45, 7) is 5.59. The number of nitrogens with zero attached hydrogens (tertiary/aromatic N) is 2. The topological polar surface area (TPSA) is 161 Å². The summed E-state index contributed by atoms with van der Waals surface area (Å²) in [7, 11) is -4.46. The van der Waals surface area contributed by atoms with Gasteiger partial charge in [0.15, 0.2) is 12.3 Å². The van der Waals surface area contributed by atoms with Crippen molar-refractivity contribution in [3.05, 3.63) is 53.1 Å². The normalized spacial score (nSPS) is 26.4. The van der Waals surface area contributed by atoms with E-state index in [4.69, 9.17) is 40.4 Å². The van der Waals surface area contributed by atoms with Crippen LogP contribution in [0.5, 0.6) is 5.75 Å². The lowest BCUT2D eigenvalue weighted by atomic mass is 10.0. The smallest absolute Gasteiger partial charge is 0.461 e. The molecule has 1 fully saturated rings. The number of aliphatic hydroxyl groups is 1. The van der Waals surface area contributed by atoms with Crippen LogP contribution in [-0.4, -0.2) is 56.5 Å². The zero-order chi connectivity index (χ0) is 26.7. The maximum absolute atomic E-state index is 13.5. The van der Waals surface area contributed by atoms with Gasteiger partial charge < -0.3 is 24.8 Å². The van der Waals surface area contributed by atoms with Crippen molar-refractivity contribution in [2.45, 2.75) is 63.2 Å². The van der Waals surface area contributed by atoms with Crippen LogP contribution in [0.15, 0.2) is 47.4 Å². The van der Waals surface area contributed by atoms with Crippen LogP contribution in [0.3, 0.4) is 0 Å². The Balaban J connectivity index is 1.79. The third-order valence-corrected chi connectivity index (χ3v) is 7.03. The minimum atomic E-state index is -4.46. The number of hydrogen-bond donors (Lipinski definition) is 2. The Kier molecular flexibility index (Phi) is 8.81. The molecule has 3 rings (SSSR count). The van der Waals surface area contributed by atoms with Gasteiger partial charge in [-0.25, -0.2) is 14.2 Å². The molecule has 36 heavy (non-hydrogen) atoms. The van der Waals surface area contributed by atoms with E-state index in [1.54, 1.807) is 32.0 Å². The van der Waals surface area contributed by atoms with E-state index in [9.17, 15) is 19.3 Å². The molecule has 6 atom stereocenters. The van der Waals surface area contributed by atoms with Crippen LogP contribution in [0, 0.1) is 0 Å². The number of benzene rings is 1. The summed E-state index contributed by atoms with van der Waals surface area (Å²) in [6, 6.07) is 9.42. The molecule has 0 amide bonds. The van der Waals surface area contributed by atoms with Gasteiger partial charge in [-0.2, -0.15) is 4.98 Å². The molecule has 1 aliphatic heterocycles. The summed E-state index contributed by atoms with van der Waals surface area (Å²) >= 11 is 6.54. The fraction of sp³-hybridized carbons (Fsp3) is 0.500. The van der Waals surface area contributed by atoms with Gasteiger partial charge in [-0.3, -0.25) is 13.6 Å². The van der Waals surface area contributed by atoms with Crippen molar-refractivity contribution in [3.63, 3.8) is 0 Å². The molecule has 3 N–H and O–H groups in total. The molecule has 1 aromatic heterocycles. The highest BCUT2D eigenvalue weighted by molar-refractivity contribution is 7.49. The Morgan fingerprint density at radius 2 is 1.97 bits per heavy atom. The van der Waals surface area contributed by atoms with Crippen LogP contribution in [0.25, 0.3) is 0 Å². The number of para-hydroxylation sites is 1. The van der Waals surface area contributed by atoms with E-state index < -0.39 is 61.6 Å². The molecule has 1 aromatic carbocycles. The van der Waals surface area contributed by atoms with Crippen LogP contribution < -0.4 is 15.9 Å². The van der Waals surface area contributed by atoms with E-state index in [-0.39, 0.29) is 11.6 Å². The van der Waals surface area contributed by atoms with Gasteiger partial charge >= 0.3 is 19.5 Å². The molecule has 2 heterocycles. The predicted octanol–water partition coefficient (Wildman–Crippen LogP) is 2.64. The number of carbonyl (C=O) groups excluding carboxylic acids is 1. The van der Waals surface area contributed by atoms with Gasteiger partial charge in [-0.15, -0.1) is 11.6 Å². The van der Waals surface area contributed by atoms with Gasteiger partial charge in [-0.05, 0) is 45.9 Å². The molecular formula is C22H29ClN3O9P. The quantitative estimate of drug-likeness (QED) is 0.256. The minimum absolute atomic E-state index is 0.00668. The highest BCUT2D eigenvalue weighted by atomic mass is 35.5. The van der Waals surface area contributed by atoms with Gasteiger partial charge in [0, 0.05) is 6.20 Å². The van der Waals surface area contributed by atoms with Gasteiger partial charge in [0.25, 0.3) is 0 Å². The number of halogens is 1. The number of rotatable bonds is 10. The summed E-state index contributed by atoms with van der Waals surface area (Å²) < 4.78 is 41.8. The Morgan fingerprint density at radius 1 is 1.31 bits per heavy atom. The highest BCUT2D eigenvalue weighted by Gasteiger charge is 2.54. The molecule has 0 saturated carbocycles. The zero-order valence-corrected chi connectivity index (χ0v) is 21.8. The third-order valence-electron chi connectivity index (χ3n) is 5.15. The van der Waals surface area contributed by atoms with Crippen molar-refractivity contribution in [2.24, 2.45) is 0 Å². The van der Waals surface area contributed by atoms with E-state index in [2.05, 4.69) is 4.98 Å². The number of nitrogens with two attached hydrogens (primary N) is 1. The Labute approximate surface area is 212 Å². The van der Waals surface area contributed by atoms with Gasteiger partial charge in [0.05, 0.1) is 12.7 Å². The summed E-state index contributed by atoms with van der Waals surface area (Å²) in [6.07, 6.45) is -4.08. The van der Waals surface area contributed by atoms with E-state index in [0.717, 1.165) is 4.57 Å². The first-order valence-electron chi connectivity index (χ1n) is 11.1. The maximum atomic E-state index is 13.5. The standard InChI is InChI=1S/C22H29ClN3O9P/c1-13(2)32-19(28)14(3)34-36(30,35-15-8-6-5-7-9-15)31-12-16-18(27)22(4,23)20(33-16)26-11-10-17(24)25-21(26)29/h5-11,13-14,16,18,20,27H,12H2,1-4H3,(H2,24,25,29)/t14-,16+,18+,20-,22+,36?/m0/s1. The summed E-state index contributed by atoms with van der Waals surface area (Å²) in [5.74, 6) is -0.615. The fourth-order valence-electron chi connectivity index (χ4n) is 3.37. The van der Waals surface area contributed by atoms with E-state index >= 15 is 0 Å².